The van der Waals surface area contributed by atoms with E-state index in [0.717, 1.165) is 5.82 Å². The summed E-state index contributed by atoms with van der Waals surface area (Å²) in [5, 5.41) is 0. The van der Waals surface area contributed by atoms with Gasteiger partial charge in [-0.25, -0.2) is 9.13 Å². The Morgan fingerprint density at radius 2 is 1.83 bits per heavy atom. The molecular weight excluding hydrogens is 229 g/mol. The minimum atomic E-state index is -5.00. The Balaban J connectivity index is 4.14. The Bertz CT molecular complexity index is 241. The van der Waals surface area contributed by atoms with Crippen LogP contribution in [-0.4, -0.2) is 14.7 Å². The third-order valence-corrected chi connectivity index (χ3v) is 3.65. The van der Waals surface area contributed by atoms with Crippen molar-refractivity contribution in [1.29, 1.82) is 0 Å². The second-order valence-corrected chi connectivity index (χ2v) is 5.40. The largest absolute Gasteiger partial charge is 0.484 e. The molecule has 0 aromatic rings. The van der Waals surface area contributed by atoms with E-state index >= 15 is 0 Å². The molecule has 12 heavy (non-hydrogen) atoms. The topological polar surface area (TPSA) is 113 Å². The maximum atomic E-state index is 10.6. The molecule has 0 rings (SSSR count). The first-order chi connectivity index (χ1) is 5.27. The molecule has 3 N–H and O–H groups in total. The van der Waals surface area contributed by atoms with Crippen LogP contribution in [0.5, 0.6) is 0 Å². The maximum Gasteiger partial charge on any atom is 0.484 e. The first-order valence-corrected chi connectivity index (χ1v) is 6.43. The van der Waals surface area contributed by atoms with Crippen molar-refractivity contribution in [3.05, 3.63) is 12.4 Å². The monoisotopic (exact) mass is 236 g/mol. The van der Waals surface area contributed by atoms with Crippen molar-refractivity contribution < 1.29 is 32.4 Å². The molecule has 0 aromatic carbocycles. The van der Waals surface area contributed by atoms with E-state index in [9.17, 15) is 9.13 Å². The Morgan fingerprint density at radius 1 is 1.33 bits per heavy atom. The van der Waals surface area contributed by atoms with Gasteiger partial charge in [0.1, 0.15) is 0 Å². The minimum Gasteiger partial charge on any atom is -0.302 e. The van der Waals surface area contributed by atoms with Crippen molar-refractivity contribution in [2.75, 3.05) is 0 Å². The standard InChI is InChI=1S/C2H7O7P3/c1-2-10-8-12(6,7)9-11(3,4)5/h2,10H,1H2,(H,6,7)(H2,3,4,5). The first-order valence-electron chi connectivity index (χ1n) is 2.41. The number of phosphoric acid groups is 2. The predicted octanol–water partition coefficient (Wildman–Crippen LogP) is 0.950. The van der Waals surface area contributed by atoms with E-state index in [4.69, 9.17) is 14.7 Å². The SMILES string of the molecule is C=CPOP(=O)(O)OP(=O)(O)O. The Morgan fingerprint density at radius 3 is 2.17 bits per heavy atom. The number of hydrogen-bond donors (Lipinski definition) is 3. The second-order valence-electron chi connectivity index (χ2n) is 1.45. The van der Waals surface area contributed by atoms with E-state index < -0.39 is 24.5 Å². The molecule has 0 spiro atoms. The third-order valence-electron chi connectivity index (χ3n) is 0.461. The van der Waals surface area contributed by atoms with E-state index in [1.54, 1.807) is 0 Å². The highest BCUT2D eigenvalue weighted by molar-refractivity contribution is 7.64. The molecule has 0 saturated heterocycles. The van der Waals surface area contributed by atoms with Gasteiger partial charge in [0.25, 0.3) is 0 Å². The van der Waals surface area contributed by atoms with Gasteiger partial charge < -0.3 is 14.7 Å². The summed E-state index contributed by atoms with van der Waals surface area (Å²) in [5.41, 5.74) is 0. The van der Waals surface area contributed by atoms with Crippen LogP contribution in [0.25, 0.3) is 0 Å². The van der Waals surface area contributed by atoms with Crippen LogP contribution in [-0.2, 0) is 17.8 Å². The predicted molar refractivity (Wildman–Crippen MR) is 42.6 cm³/mol. The van der Waals surface area contributed by atoms with Crippen molar-refractivity contribution in [3.63, 3.8) is 0 Å². The van der Waals surface area contributed by atoms with Gasteiger partial charge in [0.05, 0.1) is 8.81 Å². The highest BCUT2D eigenvalue weighted by atomic mass is 31.3. The summed E-state index contributed by atoms with van der Waals surface area (Å²) in [5.74, 6) is 1.16. The summed E-state index contributed by atoms with van der Waals surface area (Å²) in [6, 6.07) is 0. The quantitative estimate of drug-likeness (QED) is 0.608. The number of hydrogen-bond acceptors (Lipinski definition) is 4. The molecule has 72 valence electrons. The lowest BCUT2D eigenvalue weighted by atomic mass is 11.3. The van der Waals surface area contributed by atoms with Crippen LogP contribution in [0, 0.1) is 0 Å². The van der Waals surface area contributed by atoms with Gasteiger partial charge in [-0.05, 0) is 5.82 Å². The molecule has 0 radical (unpaired) electrons. The third kappa shape index (κ3) is 7.10. The van der Waals surface area contributed by atoms with Crippen molar-refractivity contribution in [3.8, 4) is 0 Å². The lowest BCUT2D eigenvalue weighted by molar-refractivity contribution is 0.235. The molecule has 10 heteroatoms. The van der Waals surface area contributed by atoms with Gasteiger partial charge in [0.15, 0.2) is 0 Å². The summed E-state index contributed by atoms with van der Waals surface area (Å²) < 4.78 is 28.1. The Kier molecular flexibility index (Phi) is 4.77. The van der Waals surface area contributed by atoms with E-state index in [2.05, 4.69) is 15.2 Å². The zero-order valence-corrected chi connectivity index (χ0v) is 8.44. The lowest BCUT2D eigenvalue weighted by Crippen LogP contribution is -1.86. The van der Waals surface area contributed by atoms with Crippen molar-refractivity contribution >= 4 is 24.5 Å². The smallest absolute Gasteiger partial charge is 0.302 e. The fourth-order valence-electron chi connectivity index (χ4n) is 0.255. The molecule has 0 amide bonds. The van der Waals surface area contributed by atoms with Crippen LogP contribution < -0.4 is 0 Å². The highest BCUT2D eigenvalue weighted by Crippen LogP contribution is 2.60. The maximum absolute atomic E-state index is 10.6. The lowest BCUT2D eigenvalue weighted by Gasteiger charge is -2.10. The van der Waals surface area contributed by atoms with Gasteiger partial charge in [-0.15, -0.1) is 0 Å². The molecule has 0 fully saturated rings. The van der Waals surface area contributed by atoms with Crippen LogP contribution in [0.15, 0.2) is 12.4 Å². The molecule has 0 aliphatic heterocycles. The normalized spacial score (nSPS) is 17.9. The molecule has 0 aromatic heterocycles. The van der Waals surface area contributed by atoms with Gasteiger partial charge in [-0.3, -0.25) is 4.31 Å². The molecule has 2 atom stereocenters. The van der Waals surface area contributed by atoms with E-state index in [1.807, 2.05) is 0 Å². The van der Waals surface area contributed by atoms with Crippen LogP contribution in [0.1, 0.15) is 0 Å². The summed E-state index contributed by atoms with van der Waals surface area (Å²) in [7, 11) is -10.2. The van der Waals surface area contributed by atoms with E-state index in [0.29, 0.717) is 0 Å². The first kappa shape index (κ1) is 12.4. The zero-order valence-electron chi connectivity index (χ0n) is 5.65. The molecule has 0 saturated carbocycles. The summed E-state index contributed by atoms with van der Waals surface area (Å²) in [4.78, 5) is 24.8. The summed E-state index contributed by atoms with van der Waals surface area (Å²) in [6.45, 7) is 3.17. The Hall–Kier alpha value is 0.430. The minimum absolute atomic E-state index is 0.565. The fourth-order valence-corrected chi connectivity index (χ4v) is 2.59. The van der Waals surface area contributed by atoms with Crippen molar-refractivity contribution in [1.82, 2.24) is 0 Å². The molecule has 7 nitrogen and oxygen atoms in total. The average molecular weight is 236 g/mol. The summed E-state index contributed by atoms with van der Waals surface area (Å²) >= 11 is 0. The van der Waals surface area contributed by atoms with Crippen LogP contribution >= 0.6 is 24.5 Å². The van der Waals surface area contributed by atoms with E-state index in [1.165, 1.54) is 0 Å². The van der Waals surface area contributed by atoms with Crippen LogP contribution in [0.4, 0.5) is 0 Å². The average Bonchev–Trinajstić information content (AvgIpc) is 1.78. The highest BCUT2D eigenvalue weighted by Gasteiger charge is 2.31. The van der Waals surface area contributed by atoms with Crippen molar-refractivity contribution in [2.24, 2.45) is 0 Å². The number of rotatable bonds is 5. The molecule has 0 aliphatic carbocycles. The second kappa shape index (κ2) is 4.61. The molecule has 0 aliphatic rings. The Labute approximate surface area is 70.1 Å². The van der Waals surface area contributed by atoms with Crippen LogP contribution in [0.3, 0.4) is 0 Å². The molecule has 0 heterocycles. The van der Waals surface area contributed by atoms with Gasteiger partial charge in [-0.1, -0.05) is 6.58 Å². The molecule has 2 unspecified atom stereocenters. The summed E-state index contributed by atoms with van der Waals surface area (Å²) in [6.07, 6.45) is 0. The van der Waals surface area contributed by atoms with Gasteiger partial charge >= 0.3 is 15.6 Å². The van der Waals surface area contributed by atoms with Gasteiger partial charge in [0, 0.05) is 0 Å². The van der Waals surface area contributed by atoms with Crippen LogP contribution in [0.2, 0.25) is 0 Å². The van der Waals surface area contributed by atoms with Gasteiger partial charge in [0.2, 0.25) is 0 Å². The van der Waals surface area contributed by atoms with E-state index in [-0.39, 0.29) is 0 Å². The van der Waals surface area contributed by atoms with Gasteiger partial charge in [-0.2, -0.15) is 4.31 Å². The fraction of sp³-hybridized carbons (Fsp3) is 0. The molecular formula is C2H7O7P3. The molecule has 0 bridgehead atoms. The van der Waals surface area contributed by atoms with Crippen molar-refractivity contribution in [2.45, 2.75) is 0 Å². The zero-order chi connectivity index (χ0) is 9.83.